The molecule has 0 atom stereocenters. The van der Waals surface area contributed by atoms with Gasteiger partial charge in [-0.2, -0.15) is 0 Å². The number of fused-ring (bicyclic) bond motifs is 12. The standard InChI is InChI=1S/C100H91F7/c1-5-9-13-17-21-27-47-99(48-28-22-18-14-10-6-2)73-44-26-25-35-59(73)60-46-45-56(55-74(60)99)57-51-69-65-40-31-36-61-63-38-33-42-67-71-53-58(54-72-68-43-34-39-64-62-37-32-41-66-70(52-57)80(69)86-82(76(61)65)84(78(63)67)87(81(71)72)85(79(64)68)83(86)77(62)66)75-92(101)90-88(94(103)93(75)102)89-91(96(105)98(107)97(106)95(89)104)100(90,49-29-23-19-15-11-7-3)50-30-24-20-16-12-8-4/h25-26,31-46,51-55H,5-24,27-30,47-50H2,1-4H3. The van der Waals surface area contributed by atoms with Crippen LogP contribution in [0.4, 0.5) is 30.7 Å². The fourth-order valence-electron chi connectivity index (χ4n) is 22.1. The van der Waals surface area contributed by atoms with Crippen molar-refractivity contribution in [2.45, 2.75) is 218 Å². The monoisotopic (exact) mass is 1420 g/mol. The summed E-state index contributed by atoms with van der Waals surface area (Å²) in [6.45, 7) is 8.83. The zero-order chi connectivity index (χ0) is 72.9. The molecule has 0 amide bonds. The molecule has 19 rings (SSSR count). The highest BCUT2D eigenvalue weighted by atomic mass is 19.2. The summed E-state index contributed by atoms with van der Waals surface area (Å²) < 4.78 is 122. The van der Waals surface area contributed by atoms with E-state index in [2.05, 4.69) is 155 Å². The van der Waals surface area contributed by atoms with Crippen LogP contribution in [0.1, 0.15) is 230 Å². The van der Waals surface area contributed by atoms with Gasteiger partial charge in [0, 0.05) is 33.1 Å². The fourth-order valence-corrected chi connectivity index (χ4v) is 22.1. The highest BCUT2D eigenvalue weighted by Crippen LogP contribution is 2.64. The molecule has 0 spiro atoms. The number of rotatable bonds is 30. The van der Waals surface area contributed by atoms with Crippen molar-refractivity contribution in [2.24, 2.45) is 0 Å². The molecule has 2 aliphatic carbocycles. The molecular weight excluding hydrogens is 1330 g/mol. The first kappa shape index (κ1) is 68.5. The van der Waals surface area contributed by atoms with Gasteiger partial charge in [-0.15, -0.1) is 0 Å². The average Bonchev–Trinajstić information content (AvgIpc) is 1.47. The molecule has 0 saturated heterocycles. The van der Waals surface area contributed by atoms with E-state index in [1.165, 1.54) is 164 Å². The van der Waals surface area contributed by atoms with Crippen molar-refractivity contribution in [1.82, 2.24) is 0 Å². The second-order valence-electron chi connectivity index (χ2n) is 32.7. The number of unbranched alkanes of at least 4 members (excludes halogenated alkanes) is 20. The normalized spacial score (nSPS) is 14.2. The molecule has 17 aromatic carbocycles. The summed E-state index contributed by atoms with van der Waals surface area (Å²) in [6, 6.07) is 51.8. The lowest BCUT2D eigenvalue weighted by atomic mass is 9.69. The van der Waals surface area contributed by atoms with Crippen molar-refractivity contribution < 1.29 is 30.7 Å². The highest BCUT2D eigenvalue weighted by Gasteiger charge is 2.53. The minimum absolute atomic E-state index is 0.00589. The van der Waals surface area contributed by atoms with E-state index < -0.39 is 74.0 Å². The predicted octanol–water partition coefficient (Wildman–Crippen LogP) is 32.0. The minimum Gasteiger partial charge on any atom is -0.206 e. The molecule has 0 radical (unpaired) electrons. The van der Waals surface area contributed by atoms with Crippen LogP contribution in [0, 0.1) is 40.7 Å². The minimum atomic E-state index is -2.14. The second kappa shape index (κ2) is 26.7. The van der Waals surface area contributed by atoms with E-state index in [1.54, 1.807) is 0 Å². The molecule has 0 bridgehead atoms. The molecule has 17 aromatic rings. The van der Waals surface area contributed by atoms with Crippen LogP contribution in [0.3, 0.4) is 0 Å². The van der Waals surface area contributed by atoms with Gasteiger partial charge in [0.2, 0.25) is 0 Å². The van der Waals surface area contributed by atoms with Crippen molar-refractivity contribution in [3.05, 3.63) is 203 Å². The van der Waals surface area contributed by atoms with Crippen molar-refractivity contribution >= 4 is 129 Å². The van der Waals surface area contributed by atoms with Crippen molar-refractivity contribution in [1.29, 1.82) is 0 Å². The molecule has 0 saturated carbocycles. The highest BCUT2D eigenvalue weighted by molar-refractivity contribution is 6.61. The summed E-state index contributed by atoms with van der Waals surface area (Å²) in [5.74, 6) is -12.1. The smallest absolute Gasteiger partial charge is 0.198 e. The molecular formula is C100H91F7. The molecule has 107 heavy (non-hydrogen) atoms. The number of halogens is 7. The lowest BCUT2D eigenvalue weighted by Gasteiger charge is -2.34. The first-order valence-corrected chi connectivity index (χ1v) is 40.9. The molecule has 0 aliphatic heterocycles. The average molecular weight is 1430 g/mol. The maximum Gasteiger partial charge on any atom is 0.198 e. The van der Waals surface area contributed by atoms with Gasteiger partial charge >= 0.3 is 0 Å². The summed E-state index contributed by atoms with van der Waals surface area (Å²) in [7, 11) is 0. The molecule has 0 N–H and O–H groups in total. The summed E-state index contributed by atoms with van der Waals surface area (Å²) in [5.41, 5.74) is 2.78. The topological polar surface area (TPSA) is 0 Å². The van der Waals surface area contributed by atoms with E-state index in [9.17, 15) is 0 Å². The second-order valence-corrected chi connectivity index (χ2v) is 32.7. The Morgan fingerprint density at radius 3 is 0.935 bits per heavy atom. The Hall–Kier alpha value is -9.07. The van der Waals surface area contributed by atoms with E-state index in [-0.39, 0.29) is 23.8 Å². The fraction of sp³-hybridized carbons (Fsp3) is 0.340. The van der Waals surface area contributed by atoms with Crippen LogP contribution in [0.25, 0.3) is 174 Å². The quantitative estimate of drug-likeness (QED) is 0.0105. The number of benzene rings is 17. The Bertz CT molecular complexity index is 6060. The van der Waals surface area contributed by atoms with E-state index >= 15 is 30.7 Å². The molecule has 2 aliphatic rings. The summed E-state index contributed by atoms with van der Waals surface area (Å²) in [4.78, 5) is 0. The molecule has 0 fully saturated rings. The van der Waals surface area contributed by atoms with Crippen LogP contribution in [-0.2, 0) is 10.8 Å². The van der Waals surface area contributed by atoms with E-state index in [0.29, 0.717) is 25.7 Å². The third-order valence-corrected chi connectivity index (χ3v) is 26.8. The molecule has 0 heterocycles. The van der Waals surface area contributed by atoms with Gasteiger partial charge in [0.05, 0.1) is 5.56 Å². The Kier molecular flexibility index (Phi) is 17.1. The Balaban J connectivity index is 0.861. The lowest BCUT2D eigenvalue weighted by Crippen LogP contribution is -2.29. The predicted molar refractivity (Wildman–Crippen MR) is 439 cm³/mol. The van der Waals surface area contributed by atoms with Gasteiger partial charge in [0.25, 0.3) is 0 Å². The maximum absolute atomic E-state index is 19.5. The van der Waals surface area contributed by atoms with Crippen LogP contribution in [0.2, 0.25) is 0 Å². The van der Waals surface area contributed by atoms with Crippen molar-refractivity contribution in [3.63, 3.8) is 0 Å². The van der Waals surface area contributed by atoms with Gasteiger partial charge in [0.15, 0.2) is 34.9 Å². The maximum atomic E-state index is 19.5. The van der Waals surface area contributed by atoms with E-state index in [0.717, 1.165) is 140 Å². The van der Waals surface area contributed by atoms with Gasteiger partial charge < -0.3 is 0 Å². The molecule has 7 heteroatoms. The molecule has 0 unspecified atom stereocenters. The zero-order valence-corrected chi connectivity index (χ0v) is 62.2. The Morgan fingerprint density at radius 1 is 0.215 bits per heavy atom. The van der Waals surface area contributed by atoms with Crippen LogP contribution in [-0.4, -0.2) is 0 Å². The SMILES string of the molecule is CCCCCCCCC1(CCCCCCCC)c2ccccc2-c2ccc(-c3cc4c5cccc6c7cccc8c9cc(-c%10c(F)c(F)c%11c(c%10F)C(CCCCCCCC)(CCCCCCCC)c%10c(F)c(F)c(F)c(F)c%10-%11)cc%10c%11cccc%12c%13cccc%14c(c3)c4c3c(c65)c(c78)c(c9%10)c(c%12%11)c3c%13%14)cc21. The zero-order valence-electron chi connectivity index (χ0n) is 62.2. The van der Waals surface area contributed by atoms with Crippen LogP contribution in [0.15, 0.2) is 140 Å². The van der Waals surface area contributed by atoms with Gasteiger partial charge in [-0.1, -0.05) is 291 Å². The number of hydrogen-bond donors (Lipinski definition) is 0. The van der Waals surface area contributed by atoms with Crippen LogP contribution >= 0.6 is 0 Å². The largest absolute Gasteiger partial charge is 0.206 e. The van der Waals surface area contributed by atoms with E-state index in [4.69, 9.17) is 0 Å². The third kappa shape index (κ3) is 9.78. The van der Waals surface area contributed by atoms with Crippen molar-refractivity contribution in [3.8, 4) is 44.5 Å². The Labute approximate surface area is 621 Å². The van der Waals surface area contributed by atoms with Gasteiger partial charge in [-0.05, 0) is 224 Å². The van der Waals surface area contributed by atoms with Gasteiger partial charge in [-0.3, -0.25) is 0 Å². The van der Waals surface area contributed by atoms with E-state index in [1.807, 2.05) is 12.1 Å². The summed E-state index contributed by atoms with van der Waals surface area (Å²) in [6.07, 6.45) is 26.8. The number of hydrogen-bond acceptors (Lipinski definition) is 0. The van der Waals surface area contributed by atoms with Crippen LogP contribution < -0.4 is 0 Å². The Morgan fingerprint density at radius 2 is 0.523 bits per heavy atom. The summed E-state index contributed by atoms with van der Waals surface area (Å²) in [5, 5.41) is 25.8. The third-order valence-electron chi connectivity index (χ3n) is 26.8. The molecule has 0 nitrogen and oxygen atoms in total. The van der Waals surface area contributed by atoms with Crippen molar-refractivity contribution in [2.75, 3.05) is 0 Å². The summed E-state index contributed by atoms with van der Waals surface area (Å²) >= 11 is 0. The van der Waals surface area contributed by atoms with Gasteiger partial charge in [0.1, 0.15) is 5.82 Å². The molecule has 540 valence electrons. The van der Waals surface area contributed by atoms with Gasteiger partial charge in [-0.25, -0.2) is 30.7 Å². The molecule has 0 aromatic heterocycles. The first-order chi connectivity index (χ1) is 52.4. The van der Waals surface area contributed by atoms with Crippen LogP contribution in [0.5, 0.6) is 0 Å². The first-order valence-electron chi connectivity index (χ1n) is 40.9. The lowest BCUT2D eigenvalue weighted by molar-refractivity contribution is 0.352.